The first kappa shape index (κ1) is 27.8. The summed E-state index contributed by atoms with van der Waals surface area (Å²) in [7, 11) is 0. The number of likely N-dealkylation sites (tertiary alicyclic amines) is 1. The first-order chi connectivity index (χ1) is 19.4. The molecule has 9 nitrogen and oxygen atoms in total. The minimum absolute atomic E-state index is 0.0442. The molecule has 0 atom stereocenters. The predicted octanol–water partition coefficient (Wildman–Crippen LogP) is 2.73. The van der Waals surface area contributed by atoms with Crippen LogP contribution in [0.25, 0.3) is 27.7 Å². The van der Waals surface area contributed by atoms with Gasteiger partial charge >= 0.3 is 0 Å². The van der Waals surface area contributed by atoms with E-state index in [0.717, 1.165) is 25.9 Å². The summed E-state index contributed by atoms with van der Waals surface area (Å²) in [6.45, 7) is 4.30. The number of piperidine rings is 1. The number of para-hydroxylation sites is 1. The van der Waals surface area contributed by atoms with Gasteiger partial charge in [0.1, 0.15) is 11.6 Å². The van der Waals surface area contributed by atoms with Gasteiger partial charge in [0.2, 0.25) is 5.91 Å². The van der Waals surface area contributed by atoms with Gasteiger partial charge in [0.15, 0.2) is 0 Å². The molecule has 5 rings (SSSR count). The van der Waals surface area contributed by atoms with Gasteiger partial charge in [0, 0.05) is 61.8 Å². The molecule has 0 saturated carbocycles. The first-order valence-corrected chi connectivity index (χ1v) is 13.4. The number of rotatable bonds is 8. The lowest BCUT2D eigenvalue weighted by atomic mass is 10.0. The number of aromatic nitrogens is 2. The quantitative estimate of drug-likeness (QED) is 0.414. The summed E-state index contributed by atoms with van der Waals surface area (Å²) in [6, 6.07) is 8.16. The van der Waals surface area contributed by atoms with Crippen LogP contribution in [0.1, 0.15) is 24.1 Å². The SMILES string of the molecule is NC=C(C=NC1CCN(CC(N)=O)CC1)c1cnc2cccc(-c3cc(F)c(CN4CCOCC4)c(F)c3)c2n1. The van der Waals surface area contributed by atoms with Crippen molar-refractivity contribution in [2.24, 2.45) is 16.5 Å². The van der Waals surface area contributed by atoms with E-state index in [4.69, 9.17) is 26.2 Å². The molecule has 2 aliphatic heterocycles. The molecule has 0 radical (unpaired) electrons. The zero-order valence-electron chi connectivity index (χ0n) is 22.2. The monoisotopic (exact) mass is 549 g/mol. The second kappa shape index (κ2) is 12.6. The first-order valence-electron chi connectivity index (χ1n) is 13.4. The summed E-state index contributed by atoms with van der Waals surface area (Å²) < 4.78 is 35.7. The summed E-state index contributed by atoms with van der Waals surface area (Å²) in [5.41, 5.74) is 14.4. The van der Waals surface area contributed by atoms with Gasteiger partial charge in [0.05, 0.1) is 48.7 Å². The Morgan fingerprint density at radius 2 is 1.82 bits per heavy atom. The van der Waals surface area contributed by atoms with Crippen LogP contribution in [-0.4, -0.2) is 83.9 Å². The van der Waals surface area contributed by atoms with Gasteiger partial charge in [-0.1, -0.05) is 12.1 Å². The molecule has 0 unspecified atom stereocenters. The molecule has 1 aromatic heterocycles. The van der Waals surface area contributed by atoms with E-state index in [2.05, 4.69) is 4.98 Å². The highest BCUT2D eigenvalue weighted by atomic mass is 19.1. The molecule has 4 N–H and O–H groups in total. The Labute approximate surface area is 231 Å². The van der Waals surface area contributed by atoms with Gasteiger partial charge in [-0.05, 0) is 36.6 Å². The van der Waals surface area contributed by atoms with Crippen LogP contribution in [0.3, 0.4) is 0 Å². The Kier molecular flexibility index (Phi) is 8.73. The number of fused-ring (bicyclic) bond motifs is 1. The van der Waals surface area contributed by atoms with Crippen molar-refractivity contribution in [3.63, 3.8) is 0 Å². The van der Waals surface area contributed by atoms with Crippen LogP contribution < -0.4 is 11.5 Å². The fourth-order valence-corrected chi connectivity index (χ4v) is 5.12. The van der Waals surface area contributed by atoms with Crippen LogP contribution in [0.4, 0.5) is 8.78 Å². The number of amides is 1. The Morgan fingerprint density at radius 1 is 1.10 bits per heavy atom. The topological polar surface area (TPSA) is 123 Å². The molecule has 210 valence electrons. The van der Waals surface area contributed by atoms with Crippen molar-refractivity contribution in [3.8, 4) is 11.1 Å². The largest absolute Gasteiger partial charge is 0.404 e. The molecule has 2 aromatic carbocycles. The van der Waals surface area contributed by atoms with E-state index in [1.165, 1.54) is 18.3 Å². The lowest BCUT2D eigenvalue weighted by Gasteiger charge is -2.28. The van der Waals surface area contributed by atoms with Crippen LogP contribution >= 0.6 is 0 Å². The molecule has 3 aromatic rings. The van der Waals surface area contributed by atoms with Crippen molar-refractivity contribution in [2.45, 2.75) is 25.4 Å². The molecule has 1 amide bonds. The highest BCUT2D eigenvalue weighted by molar-refractivity contribution is 6.09. The number of nitrogens with two attached hydrogens (primary N) is 2. The van der Waals surface area contributed by atoms with Gasteiger partial charge in [-0.15, -0.1) is 0 Å². The summed E-state index contributed by atoms with van der Waals surface area (Å²) >= 11 is 0. The maximum absolute atomic E-state index is 15.2. The fraction of sp³-hybridized carbons (Fsp3) is 0.379. The zero-order valence-corrected chi connectivity index (χ0v) is 22.2. The van der Waals surface area contributed by atoms with E-state index in [0.29, 0.717) is 59.7 Å². The highest BCUT2D eigenvalue weighted by Gasteiger charge is 2.21. The van der Waals surface area contributed by atoms with Crippen LogP contribution in [0.5, 0.6) is 0 Å². The second-order valence-corrected chi connectivity index (χ2v) is 10.1. The Balaban J connectivity index is 1.38. The lowest BCUT2D eigenvalue weighted by Crippen LogP contribution is -2.40. The number of primary amides is 1. The highest BCUT2D eigenvalue weighted by Crippen LogP contribution is 2.30. The number of halogens is 2. The maximum Gasteiger partial charge on any atom is 0.231 e. The molecular weight excluding hydrogens is 516 g/mol. The van der Waals surface area contributed by atoms with E-state index < -0.39 is 11.6 Å². The summed E-state index contributed by atoms with van der Waals surface area (Å²) in [5, 5.41) is 0. The van der Waals surface area contributed by atoms with E-state index in [1.807, 2.05) is 9.80 Å². The van der Waals surface area contributed by atoms with E-state index in [1.54, 1.807) is 30.6 Å². The molecule has 0 bridgehead atoms. The standard InChI is InChI=1S/C29H33F2N7O2/c30-24-12-19(13-25(31)23(24)17-38-8-10-40-11-9-38)22-2-1-3-26-29(22)36-27(16-35-26)20(14-32)15-34-21-4-6-37(7-5-21)18-28(33)39/h1-3,12-16,21H,4-11,17-18,32H2,(H2,33,39). The van der Waals surface area contributed by atoms with Crippen molar-refractivity contribution in [1.82, 2.24) is 19.8 Å². The average Bonchev–Trinajstić information content (AvgIpc) is 2.96. The Morgan fingerprint density at radius 3 is 2.50 bits per heavy atom. The molecule has 2 fully saturated rings. The molecule has 0 aliphatic carbocycles. The smallest absolute Gasteiger partial charge is 0.231 e. The molecule has 40 heavy (non-hydrogen) atoms. The van der Waals surface area contributed by atoms with E-state index in [-0.39, 0.29) is 30.6 Å². The van der Waals surface area contributed by atoms with Crippen LogP contribution in [0.2, 0.25) is 0 Å². The summed E-state index contributed by atoms with van der Waals surface area (Å²) in [5.74, 6) is -1.53. The number of benzene rings is 2. The molecule has 0 spiro atoms. The third-order valence-electron chi connectivity index (χ3n) is 7.35. The third-order valence-corrected chi connectivity index (χ3v) is 7.35. The number of nitrogens with zero attached hydrogens (tertiary/aromatic N) is 5. The maximum atomic E-state index is 15.2. The number of ether oxygens (including phenoxy) is 1. The number of aliphatic imine (C=N–C) groups is 1. The molecular formula is C29H33F2N7O2. The normalized spacial score (nSPS) is 18.1. The van der Waals surface area contributed by atoms with Crippen LogP contribution in [0.15, 0.2) is 47.7 Å². The van der Waals surface area contributed by atoms with Gasteiger partial charge < -0.3 is 16.2 Å². The van der Waals surface area contributed by atoms with Gasteiger partial charge in [-0.25, -0.2) is 13.8 Å². The number of allylic oxidation sites excluding steroid dienone is 1. The molecule has 2 aliphatic rings. The van der Waals surface area contributed by atoms with E-state index >= 15 is 8.78 Å². The molecule has 3 heterocycles. The van der Waals surface area contributed by atoms with Gasteiger partial charge in [-0.2, -0.15) is 0 Å². The predicted molar refractivity (Wildman–Crippen MR) is 150 cm³/mol. The number of hydrogen-bond donors (Lipinski definition) is 2. The minimum Gasteiger partial charge on any atom is -0.404 e. The minimum atomic E-state index is -0.598. The summed E-state index contributed by atoms with van der Waals surface area (Å²) in [4.78, 5) is 29.2. The van der Waals surface area contributed by atoms with Crippen molar-refractivity contribution in [3.05, 3.63) is 65.6 Å². The number of carbonyl (C=O) groups excluding carboxylic acids is 1. The number of carbonyl (C=O) groups is 1. The fourth-order valence-electron chi connectivity index (χ4n) is 5.12. The summed E-state index contributed by atoms with van der Waals surface area (Å²) in [6.07, 6.45) is 6.32. The Hall–Kier alpha value is -3.80. The lowest BCUT2D eigenvalue weighted by molar-refractivity contribution is -0.119. The van der Waals surface area contributed by atoms with Gasteiger partial charge in [0.25, 0.3) is 0 Å². The van der Waals surface area contributed by atoms with E-state index in [9.17, 15) is 4.79 Å². The Bertz CT molecular complexity index is 1410. The average molecular weight is 550 g/mol. The number of hydrogen-bond acceptors (Lipinski definition) is 8. The zero-order chi connectivity index (χ0) is 28.1. The van der Waals surface area contributed by atoms with Crippen molar-refractivity contribution in [2.75, 3.05) is 45.9 Å². The molecule has 2 saturated heterocycles. The third kappa shape index (κ3) is 6.49. The number of morpholine rings is 1. The van der Waals surface area contributed by atoms with Gasteiger partial charge in [-0.3, -0.25) is 24.6 Å². The van der Waals surface area contributed by atoms with Crippen LogP contribution in [0, 0.1) is 11.6 Å². The molecule has 11 heteroatoms. The van der Waals surface area contributed by atoms with Crippen molar-refractivity contribution in [1.29, 1.82) is 0 Å². The van der Waals surface area contributed by atoms with Crippen molar-refractivity contribution < 1.29 is 18.3 Å². The van der Waals surface area contributed by atoms with Crippen LogP contribution in [-0.2, 0) is 16.1 Å². The second-order valence-electron chi connectivity index (χ2n) is 10.1. The van der Waals surface area contributed by atoms with Crippen molar-refractivity contribution >= 4 is 28.7 Å².